The predicted octanol–water partition coefficient (Wildman–Crippen LogP) is 4.96. The summed E-state index contributed by atoms with van der Waals surface area (Å²) in [6.07, 6.45) is 0. The summed E-state index contributed by atoms with van der Waals surface area (Å²) in [6.45, 7) is 4.59. The van der Waals surface area contributed by atoms with Crippen LogP contribution in [-0.4, -0.2) is 33.0 Å². The van der Waals surface area contributed by atoms with E-state index in [1.165, 1.54) is 0 Å². The SMILES string of the molecule is CCOc1ccc([C@@H]2SCC(=O)Nc3c2c(C)nn3-c2nc3ccccc3s2)cc1. The number of fused-ring (bicyclic) bond motifs is 2. The highest BCUT2D eigenvalue weighted by Crippen LogP contribution is 2.44. The van der Waals surface area contributed by atoms with Gasteiger partial charge in [0.2, 0.25) is 11.0 Å². The highest BCUT2D eigenvalue weighted by molar-refractivity contribution is 8.00. The second-order valence-corrected chi connectivity index (χ2v) is 9.07. The van der Waals surface area contributed by atoms with Gasteiger partial charge in [-0.25, -0.2) is 4.98 Å². The third-order valence-corrected chi connectivity index (χ3v) is 7.25. The third-order valence-electron chi connectivity index (χ3n) is 4.97. The Labute approximate surface area is 182 Å². The molecule has 0 radical (unpaired) electrons. The summed E-state index contributed by atoms with van der Waals surface area (Å²) in [6, 6.07) is 16.1. The molecule has 0 fully saturated rings. The number of hydrogen-bond donors (Lipinski definition) is 1. The monoisotopic (exact) mass is 436 g/mol. The van der Waals surface area contributed by atoms with Crippen molar-refractivity contribution in [3.8, 4) is 10.9 Å². The molecule has 5 rings (SSSR count). The standard InChI is InChI=1S/C22H20N4O2S2/c1-3-28-15-10-8-14(9-11-15)20-19-13(2)25-26(21(19)24-18(27)12-29-20)22-23-16-6-4-5-7-17(16)30-22/h4-11,20H,3,12H2,1-2H3,(H,24,27)/t20-/m0/s1. The summed E-state index contributed by atoms with van der Waals surface area (Å²) in [5.41, 5.74) is 3.96. The van der Waals surface area contributed by atoms with Gasteiger partial charge in [0, 0.05) is 5.56 Å². The van der Waals surface area contributed by atoms with E-state index in [4.69, 9.17) is 14.8 Å². The molecule has 1 N–H and O–H groups in total. The van der Waals surface area contributed by atoms with Crippen molar-refractivity contribution in [3.05, 3.63) is 65.4 Å². The van der Waals surface area contributed by atoms with E-state index < -0.39 is 0 Å². The molecule has 152 valence electrons. The highest BCUT2D eigenvalue weighted by atomic mass is 32.2. The van der Waals surface area contributed by atoms with E-state index in [0.717, 1.165) is 37.9 Å². The van der Waals surface area contributed by atoms with Crippen molar-refractivity contribution < 1.29 is 9.53 Å². The van der Waals surface area contributed by atoms with E-state index in [1.807, 2.05) is 50.2 Å². The first-order chi connectivity index (χ1) is 14.6. The largest absolute Gasteiger partial charge is 0.494 e. The van der Waals surface area contributed by atoms with E-state index in [-0.39, 0.29) is 11.2 Å². The van der Waals surface area contributed by atoms with Gasteiger partial charge in [-0.2, -0.15) is 9.78 Å². The molecule has 1 aliphatic rings. The van der Waals surface area contributed by atoms with Crippen molar-refractivity contribution in [2.45, 2.75) is 19.1 Å². The number of rotatable bonds is 4. The molecule has 0 spiro atoms. The topological polar surface area (TPSA) is 69.0 Å². The lowest BCUT2D eigenvalue weighted by Gasteiger charge is -2.15. The molecular weight excluding hydrogens is 416 g/mol. The molecule has 2 aromatic carbocycles. The highest BCUT2D eigenvalue weighted by Gasteiger charge is 2.31. The summed E-state index contributed by atoms with van der Waals surface area (Å²) < 4.78 is 8.45. The van der Waals surface area contributed by atoms with Crippen LogP contribution >= 0.6 is 23.1 Å². The van der Waals surface area contributed by atoms with Gasteiger partial charge in [-0.05, 0) is 43.7 Å². The average molecular weight is 437 g/mol. The van der Waals surface area contributed by atoms with Crippen LogP contribution in [0.25, 0.3) is 15.3 Å². The smallest absolute Gasteiger partial charge is 0.235 e. The first-order valence-corrected chi connectivity index (χ1v) is 11.6. The first-order valence-electron chi connectivity index (χ1n) is 9.73. The molecule has 6 nitrogen and oxygen atoms in total. The van der Waals surface area contributed by atoms with Crippen LogP contribution in [0.1, 0.15) is 29.0 Å². The molecule has 1 amide bonds. The zero-order valence-electron chi connectivity index (χ0n) is 16.6. The Hall–Kier alpha value is -2.84. The van der Waals surface area contributed by atoms with Crippen LogP contribution in [0.15, 0.2) is 48.5 Å². The maximum absolute atomic E-state index is 12.5. The number of thiazole rings is 1. The summed E-state index contributed by atoms with van der Waals surface area (Å²) in [5.74, 6) is 1.90. The van der Waals surface area contributed by atoms with Crippen molar-refractivity contribution in [2.75, 3.05) is 17.7 Å². The zero-order valence-corrected chi connectivity index (χ0v) is 18.2. The average Bonchev–Trinajstić information content (AvgIpc) is 3.26. The minimum atomic E-state index is -0.0306. The predicted molar refractivity (Wildman–Crippen MR) is 122 cm³/mol. The van der Waals surface area contributed by atoms with Gasteiger partial charge >= 0.3 is 0 Å². The Morgan fingerprint density at radius 1 is 1.20 bits per heavy atom. The number of nitrogens with zero attached hydrogens (tertiary/aromatic N) is 3. The lowest BCUT2D eigenvalue weighted by molar-refractivity contribution is -0.113. The van der Waals surface area contributed by atoms with Gasteiger partial charge in [0.1, 0.15) is 11.6 Å². The Morgan fingerprint density at radius 2 is 2.00 bits per heavy atom. The number of hydrogen-bond acceptors (Lipinski definition) is 6. The number of amides is 1. The molecule has 0 bridgehead atoms. The molecule has 8 heteroatoms. The summed E-state index contributed by atoms with van der Waals surface area (Å²) >= 11 is 3.18. The number of anilines is 1. The van der Waals surface area contributed by atoms with Gasteiger partial charge in [-0.15, -0.1) is 11.8 Å². The summed E-state index contributed by atoms with van der Waals surface area (Å²) in [5, 5.41) is 8.58. The summed E-state index contributed by atoms with van der Waals surface area (Å²) in [7, 11) is 0. The number of aromatic nitrogens is 3. The quantitative estimate of drug-likeness (QED) is 0.489. The van der Waals surface area contributed by atoms with E-state index in [0.29, 0.717) is 18.2 Å². The molecule has 4 aromatic rings. The van der Waals surface area contributed by atoms with Crippen molar-refractivity contribution in [3.63, 3.8) is 0 Å². The minimum Gasteiger partial charge on any atom is -0.494 e. The number of thioether (sulfide) groups is 1. The van der Waals surface area contributed by atoms with Gasteiger partial charge in [-0.3, -0.25) is 4.79 Å². The fourth-order valence-corrected chi connectivity index (χ4v) is 5.75. The van der Waals surface area contributed by atoms with Crippen molar-refractivity contribution in [1.29, 1.82) is 0 Å². The van der Waals surface area contributed by atoms with Crippen LogP contribution in [0.3, 0.4) is 0 Å². The van der Waals surface area contributed by atoms with Crippen molar-refractivity contribution >= 4 is 45.0 Å². The Balaban J connectivity index is 1.62. The molecular formula is C22H20N4O2S2. The summed E-state index contributed by atoms with van der Waals surface area (Å²) in [4.78, 5) is 17.3. The van der Waals surface area contributed by atoms with Crippen LogP contribution in [0.5, 0.6) is 5.75 Å². The van der Waals surface area contributed by atoms with Crippen LogP contribution in [-0.2, 0) is 4.79 Å². The third kappa shape index (κ3) is 3.36. The number of ether oxygens (including phenoxy) is 1. The number of nitrogens with one attached hydrogen (secondary N) is 1. The Bertz CT molecular complexity index is 1200. The van der Waals surface area contributed by atoms with E-state index in [1.54, 1.807) is 27.8 Å². The molecule has 30 heavy (non-hydrogen) atoms. The molecule has 1 aliphatic heterocycles. The number of para-hydroxylation sites is 1. The molecule has 1 atom stereocenters. The van der Waals surface area contributed by atoms with E-state index in [2.05, 4.69) is 17.4 Å². The molecule has 0 unspecified atom stereocenters. The second-order valence-electron chi connectivity index (χ2n) is 6.96. The number of carbonyl (C=O) groups excluding carboxylic acids is 1. The Kier molecular flexibility index (Phi) is 4.96. The van der Waals surface area contributed by atoms with Crippen LogP contribution in [0.4, 0.5) is 5.82 Å². The second kappa shape index (κ2) is 7.77. The molecule has 2 aromatic heterocycles. The number of aryl methyl sites for hydroxylation is 1. The van der Waals surface area contributed by atoms with Crippen molar-refractivity contribution in [1.82, 2.24) is 14.8 Å². The van der Waals surface area contributed by atoms with Gasteiger partial charge in [0.05, 0.1) is 33.5 Å². The maximum Gasteiger partial charge on any atom is 0.235 e. The minimum absolute atomic E-state index is 0.00208. The van der Waals surface area contributed by atoms with Crippen LogP contribution in [0, 0.1) is 6.92 Å². The molecule has 0 saturated heterocycles. The normalized spacial score (nSPS) is 16.2. The van der Waals surface area contributed by atoms with Gasteiger partial charge < -0.3 is 10.1 Å². The molecule has 0 aliphatic carbocycles. The Morgan fingerprint density at radius 3 is 2.77 bits per heavy atom. The van der Waals surface area contributed by atoms with Crippen LogP contribution in [0.2, 0.25) is 0 Å². The van der Waals surface area contributed by atoms with Gasteiger partial charge in [0.15, 0.2) is 0 Å². The first kappa shape index (κ1) is 19.1. The fraction of sp³-hybridized carbons (Fsp3) is 0.227. The lowest BCUT2D eigenvalue weighted by Crippen LogP contribution is -2.15. The lowest BCUT2D eigenvalue weighted by atomic mass is 10.0. The molecule has 0 saturated carbocycles. The number of carbonyl (C=O) groups is 1. The molecule has 3 heterocycles. The van der Waals surface area contributed by atoms with E-state index in [9.17, 15) is 4.79 Å². The van der Waals surface area contributed by atoms with E-state index >= 15 is 0 Å². The fourth-order valence-electron chi connectivity index (χ4n) is 3.64. The zero-order chi connectivity index (χ0) is 20.7. The van der Waals surface area contributed by atoms with Crippen molar-refractivity contribution in [2.24, 2.45) is 0 Å². The number of benzene rings is 2. The maximum atomic E-state index is 12.5. The van der Waals surface area contributed by atoms with Gasteiger partial charge in [-0.1, -0.05) is 35.6 Å². The van der Waals surface area contributed by atoms with Gasteiger partial charge in [0.25, 0.3) is 0 Å². The van der Waals surface area contributed by atoms with Crippen LogP contribution < -0.4 is 10.1 Å².